The van der Waals surface area contributed by atoms with E-state index < -0.39 is 0 Å². The van der Waals surface area contributed by atoms with Crippen LogP contribution in [0.25, 0.3) is 10.9 Å². The maximum Gasteiger partial charge on any atom is 0.235 e. The summed E-state index contributed by atoms with van der Waals surface area (Å²) < 4.78 is 19.0. The van der Waals surface area contributed by atoms with Gasteiger partial charge >= 0.3 is 0 Å². The number of hydrogen-bond donors (Lipinski definition) is 1. The molecule has 0 bridgehead atoms. The number of benzene rings is 3. The van der Waals surface area contributed by atoms with Crippen LogP contribution in [0.15, 0.2) is 67.0 Å². The summed E-state index contributed by atoms with van der Waals surface area (Å²) in [6, 6.07) is 16.6. The second-order valence-corrected chi connectivity index (χ2v) is 7.25. The minimum Gasteiger partial charge on any atom is -0.487 e. The summed E-state index contributed by atoms with van der Waals surface area (Å²) in [7, 11) is 0. The zero-order valence-electron chi connectivity index (χ0n) is 17.0. The summed E-state index contributed by atoms with van der Waals surface area (Å²) in [6.07, 6.45) is 1.44. The van der Waals surface area contributed by atoms with Crippen molar-refractivity contribution in [3.63, 3.8) is 0 Å². The average Bonchev–Trinajstić information content (AvgIpc) is 2.79. The third-order valence-electron chi connectivity index (χ3n) is 4.61. The molecule has 7 heteroatoms. The van der Waals surface area contributed by atoms with Gasteiger partial charge in [-0.25, -0.2) is 14.4 Å². The third kappa shape index (κ3) is 4.85. The molecular formula is C25H17ClFN3O2. The zero-order chi connectivity index (χ0) is 22.5. The topological polar surface area (TPSA) is 64.1 Å². The molecule has 0 aliphatic carbocycles. The summed E-state index contributed by atoms with van der Waals surface area (Å²) in [4.78, 5) is 20.7. The molecule has 0 saturated carbocycles. The number of anilines is 2. The van der Waals surface area contributed by atoms with Crippen molar-refractivity contribution < 1.29 is 13.9 Å². The minimum atomic E-state index is -0.319. The van der Waals surface area contributed by atoms with Gasteiger partial charge in [-0.05, 0) is 66.9 Å². The number of carbonyl (C=O) groups excluding carboxylic acids is 1. The fourth-order valence-corrected chi connectivity index (χ4v) is 3.34. The summed E-state index contributed by atoms with van der Waals surface area (Å²) in [6.45, 7) is 1.81. The van der Waals surface area contributed by atoms with Crippen molar-refractivity contribution in [3.8, 4) is 17.6 Å². The number of nitrogens with one attached hydrogen (secondary N) is 1. The van der Waals surface area contributed by atoms with E-state index in [2.05, 4.69) is 27.1 Å². The van der Waals surface area contributed by atoms with E-state index in [0.29, 0.717) is 44.3 Å². The first kappa shape index (κ1) is 21.3. The number of fused-ring (bicyclic) bond motifs is 1. The Morgan fingerprint density at radius 3 is 2.78 bits per heavy atom. The molecule has 0 unspecified atom stereocenters. The number of ketones is 1. The lowest BCUT2D eigenvalue weighted by Gasteiger charge is -2.12. The van der Waals surface area contributed by atoms with Crippen LogP contribution in [-0.2, 0) is 6.61 Å². The highest BCUT2D eigenvalue weighted by atomic mass is 35.5. The van der Waals surface area contributed by atoms with Gasteiger partial charge in [0.1, 0.15) is 30.3 Å². The summed E-state index contributed by atoms with van der Waals surface area (Å²) >= 11 is 6.38. The first-order chi connectivity index (χ1) is 15.5. The molecule has 0 aliphatic rings. The molecule has 0 saturated heterocycles. The molecule has 5 nitrogen and oxygen atoms in total. The van der Waals surface area contributed by atoms with Crippen molar-refractivity contribution >= 4 is 39.8 Å². The SMILES string of the molecule is CC#CC(=O)c1ccc2ncnc(Nc3ccc(OCc4cccc(F)c4)c(Cl)c3)c2c1. The Balaban J connectivity index is 1.56. The standard InChI is InChI=1S/C25H17ClFN3O2/c1-2-4-23(31)17-7-9-22-20(12-17)25(29-15-28-22)30-19-8-10-24(21(26)13-19)32-14-16-5-3-6-18(27)11-16/h3,5-13,15H,14H2,1H3,(H,28,29,30). The third-order valence-corrected chi connectivity index (χ3v) is 4.91. The highest BCUT2D eigenvalue weighted by molar-refractivity contribution is 6.32. The second-order valence-electron chi connectivity index (χ2n) is 6.85. The molecule has 0 spiro atoms. The molecule has 1 aromatic heterocycles. The van der Waals surface area contributed by atoms with Crippen LogP contribution in [0.2, 0.25) is 5.02 Å². The van der Waals surface area contributed by atoms with Crippen LogP contribution in [0.5, 0.6) is 5.75 Å². The first-order valence-electron chi connectivity index (χ1n) is 9.69. The second kappa shape index (κ2) is 9.46. The Kier molecular flexibility index (Phi) is 6.29. The number of Topliss-reactive ketones (excluding diaryl/α,β-unsaturated/α-hetero) is 1. The molecule has 4 rings (SSSR count). The van der Waals surface area contributed by atoms with Crippen LogP contribution in [0.1, 0.15) is 22.8 Å². The van der Waals surface area contributed by atoms with Gasteiger partial charge in [-0.3, -0.25) is 4.79 Å². The maximum atomic E-state index is 13.3. The van der Waals surface area contributed by atoms with Crippen molar-refractivity contribution in [3.05, 3.63) is 89.0 Å². The van der Waals surface area contributed by atoms with Gasteiger partial charge in [-0.15, -0.1) is 0 Å². The van der Waals surface area contributed by atoms with E-state index in [1.54, 1.807) is 55.5 Å². The van der Waals surface area contributed by atoms with Crippen LogP contribution < -0.4 is 10.1 Å². The van der Waals surface area contributed by atoms with Crippen molar-refractivity contribution in [2.75, 3.05) is 5.32 Å². The van der Waals surface area contributed by atoms with Gasteiger partial charge < -0.3 is 10.1 Å². The summed E-state index contributed by atoms with van der Waals surface area (Å²) in [5, 5.41) is 4.27. The van der Waals surface area contributed by atoms with E-state index >= 15 is 0 Å². The fraction of sp³-hybridized carbons (Fsp3) is 0.0800. The van der Waals surface area contributed by atoms with Gasteiger partial charge in [0.2, 0.25) is 5.78 Å². The molecule has 0 fully saturated rings. The summed E-state index contributed by atoms with van der Waals surface area (Å²) in [5.74, 6) is 5.55. The van der Waals surface area contributed by atoms with Crippen LogP contribution in [0, 0.1) is 17.7 Å². The molecule has 32 heavy (non-hydrogen) atoms. The normalized spacial score (nSPS) is 10.3. The molecule has 158 valence electrons. The highest BCUT2D eigenvalue weighted by Crippen LogP contribution is 2.31. The molecule has 0 aliphatic heterocycles. The molecule has 0 atom stereocenters. The number of nitrogens with zero attached hydrogens (tertiary/aromatic N) is 2. The van der Waals surface area contributed by atoms with E-state index in [4.69, 9.17) is 16.3 Å². The minimum absolute atomic E-state index is 0.193. The lowest BCUT2D eigenvalue weighted by atomic mass is 10.1. The number of carbonyl (C=O) groups is 1. The van der Waals surface area contributed by atoms with Crippen LogP contribution in [0.3, 0.4) is 0 Å². The van der Waals surface area contributed by atoms with Gasteiger partial charge in [0.15, 0.2) is 0 Å². The van der Waals surface area contributed by atoms with Crippen molar-refractivity contribution in [1.82, 2.24) is 9.97 Å². The monoisotopic (exact) mass is 445 g/mol. The average molecular weight is 446 g/mol. The van der Waals surface area contributed by atoms with E-state index in [9.17, 15) is 9.18 Å². The molecule has 4 aromatic rings. The van der Waals surface area contributed by atoms with Crippen molar-refractivity contribution in [2.45, 2.75) is 13.5 Å². The van der Waals surface area contributed by atoms with Gasteiger partial charge in [0.05, 0.1) is 10.5 Å². The van der Waals surface area contributed by atoms with E-state index in [1.807, 2.05) is 0 Å². The Bertz CT molecular complexity index is 1380. The lowest BCUT2D eigenvalue weighted by molar-refractivity contribution is 0.105. The Morgan fingerprint density at radius 2 is 2.00 bits per heavy atom. The molecule has 3 aromatic carbocycles. The number of hydrogen-bond acceptors (Lipinski definition) is 5. The molecule has 1 N–H and O–H groups in total. The summed E-state index contributed by atoms with van der Waals surface area (Å²) in [5.41, 5.74) is 2.53. The number of halogens is 2. The van der Waals surface area contributed by atoms with Gasteiger partial charge in [-0.2, -0.15) is 0 Å². The Hall–Kier alpha value is -3.95. The van der Waals surface area contributed by atoms with E-state index in [0.717, 1.165) is 0 Å². The molecule has 1 heterocycles. The van der Waals surface area contributed by atoms with Gasteiger partial charge in [-0.1, -0.05) is 29.7 Å². The predicted molar refractivity (Wildman–Crippen MR) is 123 cm³/mol. The fourth-order valence-electron chi connectivity index (χ4n) is 3.10. The Labute approximate surface area is 189 Å². The van der Waals surface area contributed by atoms with Crippen LogP contribution >= 0.6 is 11.6 Å². The first-order valence-corrected chi connectivity index (χ1v) is 10.1. The zero-order valence-corrected chi connectivity index (χ0v) is 17.8. The predicted octanol–water partition coefficient (Wildman–Crippen LogP) is 5.95. The molecular weight excluding hydrogens is 429 g/mol. The number of ether oxygens (including phenoxy) is 1. The van der Waals surface area contributed by atoms with Gasteiger partial charge in [0.25, 0.3) is 0 Å². The van der Waals surface area contributed by atoms with Crippen molar-refractivity contribution in [1.29, 1.82) is 0 Å². The Morgan fingerprint density at radius 1 is 1.12 bits per heavy atom. The number of aromatic nitrogens is 2. The smallest absolute Gasteiger partial charge is 0.235 e. The van der Waals surface area contributed by atoms with Crippen LogP contribution in [-0.4, -0.2) is 15.8 Å². The quantitative estimate of drug-likeness (QED) is 0.226. The number of rotatable bonds is 6. The largest absolute Gasteiger partial charge is 0.487 e. The molecule has 0 amide bonds. The maximum absolute atomic E-state index is 13.3. The lowest BCUT2D eigenvalue weighted by Crippen LogP contribution is -2.00. The van der Waals surface area contributed by atoms with Gasteiger partial charge in [0, 0.05) is 16.6 Å². The van der Waals surface area contributed by atoms with E-state index in [1.165, 1.54) is 18.5 Å². The van der Waals surface area contributed by atoms with Crippen LogP contribution in [0.4, 0.5) is 15.9 Å². The highest BCUT2D eigenvalue weighted by Gasteiger charge is 2.10. The molecule has 0 radical (unpaired) electrons. The van der Waals surface area contributed by atoms with Crippen molar-refractivity contribution in [2.24, 2.45) is 0 Å². The van der Waals surface area contributed by atoms with E-state index in [-0.39, 0.29) is 18.2 Å².